The number of carbonyl (C=O) groups is 2. The lowest BCUT2D eigenvalue weighted by molar-refractivity contribution is -0.0562. The normalized spacial score (nSPS) is 19.2. The molecule has 2 aromatic carbocycles. The Bertz CT molecular complexity index is 1450. The third-order valence-electron chi connectivity index (χ3n) is 6.46. The number of fused-ring (bicyclic) bond motifs is 1. The van der Waals surface area contributed by atoms with E-state index in [1.165, 1.54) is 6.33 Å². The maximum absolute atomic E-state index is 12.9. The monoisotopic (exact) mass is 519 g/mol. The van der Waals surface area contributed by atoms with Gasteiger partial charge in [0.05, 0.1) is 16.5 Å². The summed E-state index contributed by atoms with van der Waals surface area (Å²) < 4.78 is 19.6. The molecule has 1 aliphatic heterocycles. The first-order valence-corrected chi connectivity index (χ1v) is 12.3. The number of carbonyl (C=O) groups excluding carboxylic acids is 2. The van der Waals surface area contributed by atoms with Crippen LogP contribution in [0.1, 0.15) is 50.1 Å². The van der Waals surface area contributed by atoms with Crippen molar-refractivity contribution in [1.82, 2.24) is 14.5 Å². The number of halogens is 1. The van der Waals surface area contributed by atoms with Crippen molar-refractivity contribution in [2.24, 2.45) is 0 Å². The molecule has 37 heavy (non-hydrogen) atoms. The molecule has 1 fully saturated rings. The van der Waals surface area contributed by atoms with Crippen molar-refractivity contribution >= 4 is 34.6 Å². The molecule has 0 unspecified atom stereocenters. The van der Waals surface area contributed by atoms with E-state index < -0.39 is 30.4 Å². The smallest absolute Gasteiger partial charge is 0.338 e. The third kappa shape index (κ3) is 5.21. The number of aryl methyl sites for hydroxylation is 3. The molecule has 1 aliphatic rings. The largest absolute Gasteiger partial charge is 0.459 e. The summed E-state index contributed by atoms with van der Waals surface area (Å²) in [6.45, 7) is 5.73. The zero-order valence-corrected chi connectivity index (χ0v) is 21.4. The molecule has 0 N–H and O–H groups in total. The zero-order chi connectivity index (χ0) is 26.1. The first kappa shape index (κ1) is 24.9. The first-order chi connectivity index (χ1) is 17.8. The molecular weight excluding hydrogens is 494 g/mol. The first-order valence-electron chi connectivity index (χ1n) is 11.9. The molecule has 0 amide bonds. The molecule has 3 heterocycles. The maximum Gasteiger partial charge on any atom is 0.338 e. The third-order valence-corrected chi connectivity index (χ3v) is 6.74. The van der Waals surface area contributed by atoms with Crippen LogP contribution in [-0.2, 0) is 14.2 Å². The van der Waals surface area contributed by atoms with Gasteiger partial charge in [0.2, 0.25) is 0 Å². The topological polar surface area (TPSA) is 92.5 Å². The minimum Gasteiger partial charge on any atom is -0.459 e. The van der Waals surface area contributed by atoms with Crippen LogP contribution in [0.5, 0.6) is 0 Å². The quantitative estimate of drug-likeness (QED) is 0.249. The standard InChI is InChI=1S/C28H26ClN3O5/c1-16-4-8-19(9-5-16)27(33)35-14-22-21(37-28(34)20-10-6-17(2)7-11-20)12-23(36-22)32-13-18(3)24-25(29)30-15-31-26(24)32/h4-11,13,15,21-23H,12,14H2,1-3H3/t21-,22-,23+/m0/s1. The van der Waals surface area contributed by atoms with Gasteiger partial charge >= 0.3 is 11.9 Å². The number of ether oxygens (including phenoxy) is 3. The highest BCUT2D eigenvalue weighted by Crippen LogP contribution is 2.36. The van der Waals surface area contributed by atoms with E-state index in [9.17, 15) is 9.59 Å². The van der Waals surface area contributed by atoms with E-state index in [-0.39, 0.29) is 6.61 Å². The van der Waals surface area contributed by atoms with Crippen molar-refractivity contribution < 1.29 is 23.8 Å². The van der Waals surface area contributed by atoms with Crippen LogP contribution < -0.4 is 0 Å². The summed E-state index contributed by atoms with van der Waals surface area (Å²) in [4.78, 5) is 34.0. The van der Waals surface area contributed by atoms with Gasteiger partial charge in [-0.25, -0.2) is 19.6 Å². The molecule has 1 saturated heterocycles. The maximum atomic E-state index is 12.9. The van der Waals surface area contributed by atoms with Gasteiger partial charge in [-0.2, -0.15) is 0 Å². The molecule has 0 aliphatic carbocycles. The molecule has 8 nitrogen and oxygen atoms in total. The van der Waals surface area contributed by atoms with Gasteiger partial charge < -0.3 is 18.8 Å². The molecule has 9 heteroatoms. The molecule has 0 bridgehead atoms. The number of hydrogen-bond donors (Lipinski definition) is 0. The molecule has 0 spiro atoms. The number of esters is 2. The Kier molecular flexibility index (Phi) is 6.95. The highest BCUT2D eigenvalue weighted by atomic mass is 35.5. The van der Waals surface area contributed by atoms with Crippen LogP contribution in [0.3, 0.4) is 0 Å². The Morgan fingerprint density at radius 1 is 0.973 bits per heavy atom. The average molecular weight is 520 g/mol. The van der Waals surface area contributed by atoms with Gasteiger partial charge in [0.1, 0.15) is 42.2 Å². The Balaban J connectivity index is 1.38. The average Bonchev–Trinajstić information content (AvgIpc) is 3.44. The van der Waals surface area contributed by atoms with E-state index in [0.717, 1.165) is 22.1 Å². The molecule has 2 aromatic heterocycles. The summed E-state index contributed by atoms with van der Waals surface area (Å²) in [6, 6.07) is 14.3. The van der Waals surface area contributed by atoms with E-state index in [2.05, 4.69) is 9.97 Å². The fourth-order valence-corrected chi connectivity index (χ4v) is 4.69. The lowest BCUT2D eigenvalue weighted by Gasteiger charge is -2.19. The Morgan fingerprint density at radius 3 is 2.24 bits per heavy atom. The molecule has 4 aromatic rings. The molecule has 0 saturated carbocycles. The highest BCUT2D eigenvalue weighted by Gasteiger charge is 2.40. The number of aromatic nitrogens is 3. The summed E-state index contributed by atoms with van der Waals surface area (Å²) in [5.41, 5.74) is 4.46. The summed E-state index contributed by atoms with van der Waals surface area (Å²) in [7, 11) is 0. The number of nitrogens with zero attached hydrogens (tertiary/aromatic N) is 3. The zero-order valence-electron chi connectivity index (χ0n) is 20.7. The van der Waals surface area contributed by atoms with Crippen molar-refractivity contribution in [2.75, 3.05) is 6.61 Å². The van der Waals surface area contributed by atoms with E-state index >= 15 is 0 Å². The molecule has 5 rings (SSSR count). The number of benzene rings is 2. The van der Waals surface area contributed by atoms with Gasteiger partial charge in [-0.3, -0.25) is 0 Å². The summed E-state index contributed by atoms with van der Waals surface area (Å²) in [5, 5.41) is 1.08. The van der Waals surface area contributed by atoms with Crippen molar-refractivity contribution in [3.8, 4) is 0 Å². The van der Waals surface area contributed by atoms with Crippen LogP contribution in [0, 0.1) is 20.8 Å². The van der Waals surface area contributed by atoms with E-state index in [0.29, 0.717) is 28.3 Å². The SMILES string of the molecule is Cc1ccc(C(=O)OC[C@@H]2O[C@@H](n3cc(C)c4c(Cl)ncnc43)C[C@@H]2OC(=O)c2ccc(C)cc2)cc1. The Labute approximate surface area is 219 Å². The van der Waals surface area contributed by atoms with Gasteiger partial charge in [0.15, 0.2) is 0 Å². The van der Waals surface area contributed by atoms with Crippen LogP contribution in [-0.4, -0.2) is 45.3 Å². The van der Waals surface area contributed by atoms with Gasteiger partial charge in [-0.05, 0) is 50.6 Å². The van der Waals surface area contributed by atoms with Crippen LogP contribution in [0.25, 0.3) is 11.0 Å². The van der Waals surface area contributed by atoms with Crippen LogP contribution >= 0.6 is 11.6 Å². The fraction of sp³-hybridized carbons (Fsp3) is 0.286. The Hall–Kier alpha value is -3.75. The van der Waals surface area contributed by atoms with Crippen LogP contribution in [0.15, 0.2) is 61.1 Å². The minimum atomic E-state index is -0.677. The molecule has 190 valence electrons. The highest BCUT2D eigenvalue weighted by molar-refractivity contribution is 6.34. The Morgan fingerprint density at radius 2 is 1.59 bits per heavy atom. The lowest BCUT2D eigenvalue weighted by Crippen LogP contribution is -2.32. The molecule has 3 atom stereocenters. The van der Waals surface area contributed by atoms with Gasteiger partial charge in [-0.15, -0.1) is 0 Å². The lowest BCUT2D eigenvalue weighted by atomic mass is 10.1. The van der Waals surface area contributed by atoms with Crippen LogP contribution in [0.4, 0.5) is 0 Å². The van der Waals surface area contributed by atoms with Crippen LogP contribution in [0.2, 0.25) is 5.15 Å². The van der Waals surface area contributed by atoms with E-state index in [1.807, 2.05) is 55.8 Å². The van der Waals surface area contributed by atoms with Crippen molar-refractivity contribution in [3.63, 3.8) is 0 Å². The summed E-state index contributed by atoms with van der Waals surface area (Å²) >= 11 is 6.31. The predicted molar refractivity (Wildman–Crippen MR) is 138 cm³/mol. The second kappa shape index (κ2) is 10.3. The fourth-order valence-electron chi connectivity index (χ4n) is 4.42. The van der Waals surface area contributed by atoms with Crippen molar-refractivity contribution in [1.29, 1.82) is 0 Å². The number of hydrogen-bond acceptors (Lipinski definition) is 7. The van der Waals surface area contributed by atoms with Crippen molar-refractivity contribution in [2.45, 2.75) is 45.6 Å². The van der Waals surface area contributed by atoms with E-state index in [4.69, 9.17) is 25.8 Å². The predicted octanol–water partition coefficient (Wildman–Crippen LogP) is 5.38. The minimum absolute atomic E-state index is 0.0804. The summed E-state index contributed by atoms with van der Waals surface area (Å²) in [5.74, 6) is -0.944. The van der Waals surface area contributed by atoms with Crippen molar-refractivity contribution in [3.05, 3.63) is 94.0 Å². The molecular formula is C28H26ClN3O5. The van der Waals surface area contributed by atoms with E-state index in [1.54, 1.807) is 24.3 Å². The van der Waals surface area contributed by atoms with Gasteiger partial charge in [-0.1, -0.05) is 47.0 Å². The second-order valence-corrected chi connectivity index (χ2v) is 9.58. The summed E-state index contributed by atoms with van der Waals surface area (Å²) in [6.07, 6.45) is 1.78. The van der Waals surface area contributed by atoms with Gasteiger partial charge in [0, 0.05) is 12.6 Å². The second-order valence-electron chi connectivity index (χ2n) is 9.22. The molecule has 0 radical (unpaired) electrons. The van der Waals surface area contributed by atoms with Gasteiger partial charge in [0.25, 0.3) is 0 Å². The number of rotatable bonds is 6.